The highest BCUT2D eigenvalue weighted by Crippen LogP contribution is 2.17. The van der Waals surface area contributed by atoms with Gasteiger partial charge in [0.05, 0.1) is 19.8 Å². The maximum absolute atomic E-state index is 6.09. The molecule has 1 saturated heterocycles. The highest BCUT2D eigenvalue weighted by molar-refractivity contribution is 5.79. The molecule has 2 aromatic rings. The van der Waals surface area contributed by atoms with Gasteiger partial charge in [-0.05, 0) is 25.5 Å². The van der Waals surface area contributed by atoms with E-state index in [1.807, 2.05) is 18.2 Å². The summed E-state index contributed by atoms with van der Waals surface area (Å²) in [5.74, 6) is 1.73. The normalized spacial score (nSPS) is 15.1. The molecule has 1 aliphatic heterocycles. The van der Waals surface area contributed by atoms with Crippen LogP contribution in [0.15, 0.2) is 53.5 Å². The van der Waals surface area contributed by atoms with Gasteiger partial charge in [-0.25, -0.2) is 4.99 Å². The van der Waals surface area contributed by atoms with Crippen molar-refractivity contribution in [3.63, 3.8) is 0 Å². The zero-order chi connectivity index (χ0) is 21.0. The molecule has 2 N–H and O–H groups in total. The fraction of sp³-hybridized carbons (Fsp3) is 0.458. The third-order valence-electron chi connectivity index (χ3n) is 5.03. The second-order valence-corrected chi connectivity index (χ2v) is 7.45. The van der Waals surface area contributed by atoms with E-state index in [0.29, 0.717) is 19.7 Å². The third kappa shape index (κ3) is 7.35. The zero-order valence-corrected chi connectivity index (χ0v) is 18.2. The second kappa shape index (κ2) is 12.2. The Morgan fingerprint density at radius 1 is 1.10 bits per heavy atom. The Hall–Kier alpha value is -2.57. The van der Waals surface area contributed by atoms with E-state index in [2.05, 4.69) is 59.7 Å². The van der Waals surface area contributed by atoms with Gasteiger partial charge in [-0.15, -0.1) is 0 Å². The Morgan fingerprint density at radius 2 is 1.93 bits per heavy atom. The summed E-state index contributed by atoms with van der Waals surface area (Å²) in [6.45, 7) is 11.5. The molecular weight excluding hydrogens is 376 g/mol. The molecular formula is C24H34N4O2. The molecule has 1 fully saturated rings. The summed E-state index contributed by atoms with van der Waals surface area (Å²) in [5.41, 5.74) is 3.59. The van der Waals surface area contributed by atoms with Crippen molar-refractivity contribution in [1.29, 1.82) is 0 Å². The molecule has 0 aliphatic carbocycles. The number of aliphatic imine (C=N–C) groups is 1. The maximum Gasteiger partial charge on any atom is 0.191 e. The molecule has 0 amide bonds. The Labute approximate surface area is 180 Å². The Kier molecular flexibility index (Phi) is 9.00. The largest absolute Gasteiger partial charge is 0.492 e. The van der Waals surface area contributed by atoms with Crippen molar-refractivity contribution >= 4 is 5.96 Å². The van der Waals surface area contributed by atoms with Crippen molar-refractivity contribution in [3.8, 4) is 5.75 Å². The molecule has 2 aromatic carbocycles. The summed E-state index contributed by atoms with van der Waals surface area (Å²) in [4.78, 5) is 7.11. The standard InChI is InChI=1S/C24H34N4O2/c1-3-25-24(26-18-21-8-6-7-20(2)17-21)27-19-22-9-4-5-10-23(22)30-16-13-28-11-14-29-15-12-28/h4-10,17H,3,11-16,18-19H2,1-2H3,(H2,25,26,27). The number of hydrogen-bond acceptors (Lipinski definition) is 4. The van der Waals surface area contributed by atoms with E-state index in [1.165, 1.54) is 11.1 Å². The fourth-order valence-electron chi connectivity index (χ4n) is 3.40. The van der Waals surface area contributed by atoms with E-state index in [4.69, 9.17) is 14.5 Å². The van der Waals surface area contributed by atoms with Gasteiger partial charge in [-0.3, -0.25) is 4.90 Å². The van der Waals surface area contributed by atoms with Crippen LogP contribution in [0.5, 0.6) is 5.75 Å². The molecule has 0 aromatic heterocycles. The Bertz CT molecular complexity index is 803. The zero-order valence-electron chi connectivity index (χ0n) is 18.2. The lowest BCUT2D eigenvalue weighted by atomic mass is 10.1. The predicted molar refractivity (Wildman–Crippen MR) is 122 cm³/mol. The fourth-order valence-corrected chi connectivity index (χ4v) is 3.40. The van der Waals surface area contributed by atoms with Crippen molar-refractivity contribution in [2.45, 2.75) is 26.9 Å². The number of nitrogens with one attached hydrogen (secondary N) is 2. The minimum Gasteiger partial charge on any atom is -0.492 e. The van der Waals surface area contributed by atoms with Crippen LogP contribution in [-0.4, -0.2) is 56.9 Å². The highest BCUT2D eigenvalue weighted by atomic mass is 16.5. The predicted octanol–water partition coefficient (Wildman–Crippen LogP) is 2.96. The van der Waals surface area contributed by atoms with Crippen LogP contribution in [0.3, 0.4) is 0 Å². The van der Waals surface area contributed by atoms with Crippen LogP contribution < -0.4 is 15.4 Å². The van der Waals surface area contributed by atoms with Gasteiger partial charge in [0, 0.05) is 38.3 Å². The first-order chi connectivity index (χ1) is 14.7. The summed E-state index contributed by atoms with van der Waals surface area (Å²) in [6.07, 6.45) is 0. The molecule has 3 rings (SSSR count). The second-order valence-electron chi connectivity index (χ2n) is 7.45. The molecule has 1 aliphatic rings. The van der Waals surface area contributed by atoms with E-state index in [1.54, 1.807) is 0 Å². The number of para-hydroxylation sites is 1. The van der Waals surface area contributed by atoms with Crippen LogP contribution in [-0.2, 0) is 17.8 Å². The van der Waals surface area contributed by atoms with Crippen LogP contribution in [0.25, 0.3) is 0 Å². The molecule has 30 heavy (non-hydrogen) atoms. The van der Waals surface area contributed by atoms with Gasteiger partial charge in [0.25, 0.3) is 0 Å². The Morgan fingerprint density at radius 3 is 2.73 bits per heavy atom. The lowest BCUT2D eigenvalue weighted by molar-refractivity contribution is 0.0322. The van der Waals surface area contributed by atoms with Crippen LogP contribution in [0.4, 0.5) is 0 Å². The van der Waals surface area contributed by atoms with Gasteiger partial charge in [-0.1, -0.05) is 48.0 Å². The first kappa shape index (κ1) is 22.1. The van der Waals surface area contributed by atoms with Crippen LogP contribution in [0.1, 0.15) is 23.6 Å². The summed E-state index contributed by atoms with van der Waals surface area (Å²) in [6, 6.07) is 16.7. The van der Waals surface area contributed by atoms with Crippen molar-refractivity contribution in [3.05, 3.63) is 65.2 Å². The topological polar surface area (TPSA) is 58.1 Å². The van der Waals surface area contributed by atoms with Crippen LogP contribution >= 0.6 is 0 Å². The molecule has 0 radical (unpaired) electrons. The molecule has 0 spiro atoms. The number of aryl methyl sites for hydroxylation is 1. The average Bonchev–Trinajstić information content (AvgIpc) is 2.77. The summed E-state index contributed by atoms with van der Waals surface area (Å²) in [7, 11) is 0. The number of hydrogen-bond donors (Lipinski definition) is 2. The summed E-state index contributed by atoms with van der Waals surface area (Å²) < 4.78 is 11.5. The van der Waals surface area contributed by atoms with Gasteiger partial charge in [0.15, 0.2) is 5.96 Å². The number of benzene rings is 2. The highest BCUT2D eigenvalue weighted by Gasteiger charge is 2.11. The molecule has 0 unspecified atom stereocenters. The molecule has 6 nitrogen and oxygen atoms in total. The van der Waals surface area contributed by atoms with Gasteiger partial charge in [0.2, 0.25) is 0 Å². The van der Waals surface area contributed by atoms with Crippen molar-refractivity contribution in [1.82, 2.24) is 15.5 Å². The van der Waals surface area contributed by atoms with Gasteiger partial charge in [0.1, 0.15) is 12.4 Å². The van der Waals surface area contributed by atoms with Crippen LogP contribution in [0.2, 0.25) is 0 Å². The lowest BCUT2D eigenvalue weighted by Gasteiger charge is -2.26. The number of ether oxygens (including phenoxy) is 2. The van der Waals surface area contributed by atoms with E-state index in [-0.39, 0.29) is 0 Å². The first-order valence-electron chi connectivity index (χ1n) is 10.8. The van der Waals surface area contributed by atoms with E-state index in [9.17, 15) is 0 Å². The van der Waals surface area contributed by atoms with E-state index >= 15 is 0 Å². The van der Waals surface area contributed by atoms with Crippen LogP contribution in [0, 0.1) is 6.92 Å². The van der Waals surface area contributed by atoms with Crippen molar-refractivity contribution < 1.29 is 9.47 Å². The average molecular weight is 411 g/mol. The van der Waals surface area contributed by atoms with E-state index < -0.39 is 0 Å². The number of guanidine groups is 1. The third-order valence-corrected chi connectivity index (χ3v) is 5.03. The lowest BCUT2D eigenvalue weighted by Crippen LogP contribution is -2.38. The SMILES string of the molecule is CCNC(=NCc1cccc(C)c1)NCc1ccccc1OCCN1CCOCC1. The van der Waals surface area contributed by atoms with Gasteiger partial charge < -0.3 is 20.1 Å². The molecule has 0 atom stereocenters. The molecule has 6 heteroatoms. The van der Waals surface area contributed by atoms with E-state index in [0.717, 1.165) is 56.7 Å². The number of nitrogens with zero attached hydrogens (tertiary/aromatic N) is 2. The number of rotatable bonds is 9. The molecule has 1 heterocycles. The summed E-state index contributed by atoms with van der Waals surface area (Å²) in [5, 5.41) is 6.76. The van der Waals surface area contributed by atoms with Gasteiger partial charge >= 0.3 is 0 Å². The minimum atomic E-state index is 0.648. The monoisotopic (exact) mass is 410 g/mol. The maximum atomic E-state index is 6.09. The molecule has 0 saturated carbocycles. The smallest absolute Gasteiger partial charge is 0.191 e. The summed E-state index contributed by atoms with van der Waals surface area (Å²) >= 11 is 0. The van der Waals surface area contributed by atoms with Crippen molar-refractivity contribution in [2.75, 3.05) is 46.0 Å². The quantitative estimate of drug-likeness (QED) is 0.492. The minimum absolute atomic E-state index is 0.648. The van der Waals surface area contributed by atoms with Crippen molar-refractivity contribution in [2.24, 2.45) is 4.99 Å². The first-order valence-corrected chi connectivity index (χ1v) is 10.8. The Balaban J connectivity index is 1.54. The van der Waals surface area contributed by atoms with Gasteiger partial charge in [-0.2, -0.15) is 0 Å². The molecule has 0 bridgehead atoms. The number of morpholine rings is 1. The molecule has 162 valence electrons.